The zero-order valence-electron chi connectivity index (χ0n) is 23.7. The van der Waals surface area contributed by atoms with Gasteiger partial charge >= 0.3 is 0 Å². The lowest BCUT2D eigenvalue weighted by molar-refractivity contribution is -0.140. The Morgan fingerprint density at radius 2 is 1.52 bits per heavy atom. The van der Waals surface area contributed by atoms with Crippen molar-refractivity contribution < 1.29 is 18.0 Å². The van der Waals surface area contributed by atoms with E-state index in [1.54, 1.807) is 30.3 Å². The maximum atomic E-state index is 14.1. The highest BCUT2D eigenvalue weighted by atomic mass is 35.5. The molecule has 0 fully saturated rings. The van der Waals surface area contributed by atoms with Crippen molar-refractivity contribution in [3.8, 4) is 0 Å². The molecule has 0 aliphatic heterocycles. The Morgan fingerprint density at radius 3 is 2.10 bits per heavy atom. The van der Waals surface area contributed by atoms with Crippen molar-refractivity contribution in [2.24, 2.45) is 5.92 Å². The molecule has 7 nitrogen and oxygen atoms in total. The number of halogens is 1. The van der Waals surface area contributed by atoms with Gasteiger partial charge in [0.2, 0.25) is 21.8 Å². The van der Waals surface area contributed by atoms with Crippen molar-refractivity contribution in [3.05, 3.63) is 100 Å². The number of hydrogen-bond donors (Lipinski definition) is 1. The molecular formula is C31H38ClN3O4S. The van der Waals surface area contributed by atoms with Gasteiger partial charge in [-0.05, 0) is 66.3 Å². The van der Waals surface area contributed by atoms with Crippen LogP contribution in [0, 0.1) is 19.8 Å². The fraction of sp³-hybridized carbons (Fsp3) is 0.355. The maximum Gasteiger partial charge on any atom is 0.244 e. The van der Waals surface area contributed by atoms with E-state index in [0.717, 1.165) is 32.8 Å². The second-order valence-corrected chi connectivity index (χ2v) is 13.0. The molecule has 0 spiro atoms. The van der Waals surface area contributed by atoms with Gasteiger partial charge in [-0.2, -0.15) is 0 Å². The van der Waals surface area contributed by atoms with Crippen LogP contribution in [0.4, 0.5) is 5.69 Å². The van der Waals surface area contributed by atoms with Crippen LogP contribution in [0.1, 0.15) is 36.1 Å². The Labute approximate surface area is 243 Å². The normalized spacial score (nSPS) is 12.2. The highest BCUT2D eigenvalue weighted by Crippen LogP contribution is 2.23. The van der Waals surface area contributed by atoms with Crippen LogP contribution in [0.2, 0.25) is 5.02 Å². The van der Waals surface area contributed by atoms with Gasteiger partial charge in [0.15, 0.2) is 0 Å². The van der Waals surface area contributed by atoms with Gasteiger partial charge in [0.05, 0.1) is 11.9 Å². The van der Waals surface area contributed by atoms with Crippen molar-refractivity contribution in [1.82, 2.24) is 10.2 Å². The van der Waals surface area contributed by atoms with Crippen LogP contribution in [0.3, 0.4) is 0 Å². The lowest BCUT2D eigenvalue weighted by Crippen LogP contribution is -2.53. The maximum absolute atomic E-state index is 14.1. The molecule has 214 valence electrons. The summed E-state index contributed by atoms with van der Waals surface area (Å²) in [5.74, 6) is -0.584. The number of benzene rings is 3. The second-order valence-electron chi connectivity index (χ2n) is 10.6. The second kappa shape index (κ2) is 13.8. The number of anilines is 1. The molecule has 0 saturated carbocycles. The number of rotatable bonds is 12. The number of amides is 2. The first-order chi connectivity index (χ1) is 18.8. The summed E-state index contributed by atoms with van der Waals surface area (Å²) in [6.45, 7) is 7.81. The summed E-state index contributed by atoms with van der Waals surface area (Å²) in [7, 11) is -3.82. The number of sulfonamides is 1. The molecule has 0 bridgehead atoms. The lowest BCUT2D eigenvalue weighted by Gasteiger charge is -2.33. The topological polar surface area (TPSA) is 86.8 Å². The van der Waals surface area contributed by atoms with E-state index in [2.05, 4.69) is 5.32 Å². The van der Waals surface area contributed by atoms with Crippen LogP contribution >= 0.6 is 11.6 Å². The molecule has 9 heteroatoms. The monoisotopic (exact) mass is 583 g/mol. The molecular weight excluding hydrogens is 546 g/mol. The Hall–Kier alpha value is -3.36. The standard InChI is InChI=1S/C31H38ClN3O4S/c1-22(2)19-33-31(37)29(18-25-10-7-6-8-11-25)34(20-26-12-9-13-27(32)17-26)30(36)21-35(40(5,38)39)28-15-23(3)14-24(4)16-28/h6-17,22,29H,18-21H2,1-5H3,(H,33,37)/t29-/m0/s1. The molecule has 2 amide bonds. The fourth-order valence-corrected chi connectivity index (χ4v) is 5.56. The zero-order chi connectivity index (χ0) is 29.4. The Kier molecular flexibility index (Phi) is 10.8. The summed E-state index contributed by atoms with van der Waals surface area (Å²) in [4.78, 5) is 29.2. The number of carbonyl (C=O) groups excluding carboxylic acids is 2. The van der Waals surface area contributed by atoms with E-state index < -0.39 is 28.5 Å². The molecule has 0 aliphatic carbocycles. The first-order valence-corrected chi connectivity index (χ1v) is 15.5. The van der Waals surface area contributed by atoms with Crippen molar-refractivity contribution >= 4 is 39.1 Å². The van der Waals surface area contributed by atoms with Crippen molar-refractivity contribution in [2.45, 2.75) is 46.7 Å². The van der Waals surface area contributed by atoms with Crippen LogP contribution in [-0.2, 0) is 32.6 Å². The summed E-state index contributed by atoms with van der Waals surface area (Å²) in [5, 5.41) is 3.48. The number of hydrogen-bond acceptors (Lipinski definition) is 4. The predicted octanol–water partition coefficient (Wildman–Crippen LogP) is 5.14. The lowest BCUT2D eigenvalue weighted by atomic mass is 10.0. The van der Waals surface area contributed by atoms with E-state index in [-0.39, 0.29) is 24.8 Å². The van der Waals surface area contributed by atoms with E-state index in [1.165, 1.54) is 4.90 Å². The summed E-state index contributed by atoms with van der Waals surface area (Å²) >= 11 is 6.25. The van der Waals surface area contributed by atoms with Crippen LogP contribution in [0.5, 0.6) is 0 Å². The fourth-order valence-electron chi connectivity index (χ4n) is 4.52. The van der Waals surface area contributed by atoms with E-state index in [0.29, 0.717) is 17.3 Å². The largest absolute Gasteiger partial charge is 0.354 e. The van der Waals surface area contributed by atoms with E-state index in [1.807, 2.05) is 70.2 Å². The van der Waals surface area contributed by atoms with Crippen LogP contribution in [-0.4, -0.2) is 50.5 Å². The third-order valence-electron chi connectivity index (χ3n) is 6.37. The minimum Gasteiger partial charge on any atom is -0.354 e. The van der Waals surface area contributed by atoms with Gasteiger partial charge in [-0.1, -0.05) is 74.0 Å². The SMILES string of the molecule is Cc1cc(C)cc(N(CC(=O)N(Cc2cccc(Cl)c2)[C@@H](Cc2ccccc2)C(=O)NCC(C)C)S(C)(=O)=O)c1. The van der Waals surface area contributed by atoms with Crippen LogP contribution in [0.15, 0.2) is 72.8 Å². The van der Waals surface area contributed by atoms with Crippen LogP contribution in [0.25, 0.3) is 0 Å². The van der Waals surface area contributed by atoms with Gasteiger partial charge in [0.1, 0.15) is 12.6 Å². The van der Waals surface area contributed by atoms with E-state index in [9.17, 15) is 18.0 Å². The number of carbonyl (C=O) groups is 2. The number of aryl methyl sites for hydroxylation is 2. The van der Waals surface area contributed by atoms with Crippen molar-refractivity contribution in [3.63, 3.8) is 0 Å². The average Bonchev–Trinajstić information content (AvgIpc) is 2.87. The minimum absolute atomic E-state index is 0.0798. The molecule has 3 rings (SSSR count). The van der Waals surface area contributed by atoms with E-state index >= 15 is 0 Å². The molecule has 0 aliphatic rings. The van der Waals surface area contributed by atoms with Gasteiger partial charge in [-0.25, -0.2) is 8.42 Å². The molecule has 0 radical (unpaired) electrons. The molecule has 1 atom stereocenters. The van der Waals surface area contributed by atoms with Crippen molar-refractivity contribution in [2.75, 3.05) is 23.7 Å². The zero-order valence-corrected chi connectivity index (χ0v) is 25.3. The van der Waals surface area contributed by atoms with Crippen molar-refractivity contribution in [1.29, 1.82) is 0 Å². The molecule has 0 aromatic heterocycles. The minimum atomic E-state index is -3.82. The molecule has 0 saturated heterocycles. The van der Waals surface area contributed by atoms with Gasteiger partial charge in [0, 0.05) is 24.5 Å². The molecule has 3 aromatic rings. The average molecular weight is 584 g/mol. The highest BCUT2D eigenvalue weighted by Gasteiger charge is 2.33. The Morgan fingerprint density at radius 1 is 0.900 bits per heavy atom. The first-order valence-electron chi connectivity index (χ1n) is 13.2. The third-order valence-corrected chi connectivity index (χ3v) is 7.75. The smallest absolute Gasteiger partial charge is 0.244 e. The summed E-state index contributed by atoms with van der Waals surface area (Å²) in [5.41, 5.74) is 3.77. The number of nitrogens with zero attached hydrogens (tertiary/aromatic N) is 2. The van der Waals surface area contributed by atoms with Gasteiger partial charge < -0.3 is 10.2 Å². The predicted molar refractivity (Wildman–Crippen MR) is 162 cm³/mol. The van der Waals surface area contributed by atoms with E-state index in [4.69, 9.17) is 11.6 Å². The highest BCUT2D eigenvalue weighted by molar-refractivity contribution is 7.92. The first kappa shape index (κ1) is 31.2. The van der Waals surface area contributed by atoms with Gasteiger partial charge in [-0.3, -0.25) is 13.9 Å². The Balaban J connectivity index is 2.06. The summed E-state index contributed by atoms with van der Waals surface area (Å²) in [6.07, 6.45) is 1.34. The summed E-state index contributed by atoms with van der Waals surface area (Å²) in [6, 6.07) is 21.1. The van der Waals surface area contributed by atoms with Crippen LogP contribution < -0.4 is 9.62 Å². The third kappa shape index (κ3) is 9.10. The summed E-state index contributed by atoms with van der Waals surface area (Å²) < 4.78 is 27.0. The Bertz CT molecular complexity index is 1410. The molecule has 0 heterocycles. The van der Waals surface area contributed by atoms with Gasteiger partial charge in [0.25, 0.3) is 0 Å². The molecule has 40 heavy (non-hydrogen) atoms. The number of nitrogens with one attached hydrogen (secondary N) is 1. The quantitative estimate of drug-likeness (QED) is 0.320. The molecule has 0 unspecified atom stereocenters. The van der Waals surface area contributed by atoms with Gasteiger partial charge in [-0.15, -0.1) is 0 Å². The molecule has 3 aromatic carbocycles. The molecule has 1 N–H and O–H groups in total.